The van der Waals surface area contributed by atoms with Crippen LogP contribution in [0.1, 0.15) is 11.7 Å². The molecule has 0 atom stereocenters. The lowest BCUT2D eigenvalue weighted by Gasteiger charge is -2.05. The minimum absolute atomic E-state index is 0.0320. The van der Waals surface area contributed by atoms with Gasteiger partial charge in [-0.1, -0.05) is 16.9 Å². The average Bonchev–Trinajstić information content (AvgIpc) is 3.01. The van der Waals surface area contributed by atoms with Gasteiger partial charge in [0.15, 0.2) is 11.0 Å². The molecule has 0 aliphatic heterocycles. The Morgan fingerprint density at radius 2 is 2.32 bits per heavy atom. The molecule has 0 aliphatic rings. The van der Waals surface area contributed by atoms with Gasteiger partial charge in [0.25, 0.3) is 5.56 Å². The highest BCUT2D eigenvalue weighted by atomic mass is 32.2. The lowest BCUT2D eigenvalue weighted by Crippen LogP contribution is -2.19. The van der Waals surface area contributed by atoms with E-state index in [-0.39, 0.29) is 5.56 Å². The van der Waals surface area contributed by atoms with Gasteiger partial charge in [-0.15, -0.1) is 11.3 Å². The molecule has 0 unspecified atom stereocenters. The average molecular weight is 294 g/mol. The molecule has 8 heteroatoms. The summed E-state index contributed by atoms with van der Waals surface area (Å²) >= 11 is 2.87. The van der Waals surface area contributed by atoms with Crippen molar-refractivity contribution in [2.75, 3.05) is 0 Å². The molecule has 6 nitrogen and oxygen atoms in total. The SMILES string of the molecule is Cc1noc(CSc2nc3sccc3c(=O)n2C)n1. The molecule has 3 aromatic heterocycles. The first-order valence-corrected chi connectivity index (χ1v) is 7.38. The number of aromatic nitrogens is 4. The Labute approximate surface area is 116 Å². The Kier molecular flexibility index (Phi) is 3.11. The molecular formula is C11H10N4O2S2. The van der Waals surface area contributed by atoms with E-state index in [1.54, 1.807) is 24.6 Å². The molecule has 19 heavy (non-hydrogen) atoms. The molecule has 0 aliphatic carbocycles. The van der Waals surface area contributed by atoms with Crippen LogP contribution in [0.3, 0.4) is 0 Å². The van der Waals surface area contributed by atoms with Gasteiger partial charge in [0.1, 0.15) is 4.83 Å². The summed E-state index contributed by atoms with van der Waals surface area (Å²) in [4.78, 5) is 21.4. The van der Waals surface area contributed by atoms with E-state index in [4.69, 9.17) is 4.52 Å². The zero-order valence-electron chi connectivity index (χ0n) is 10.3. The van der Waals surface area contributed by atoms with Gasteiger partial charge in [-0.05, 0) is 18.4 Å². The van der Waals surface area contributed by atoms with Crippen LogP contribution in [0.4, 0.5) is 0 Å². The van der Waals surface area contributed by atoms with Gasteiger partial charge in [0.05, 0.1) is 11.1 Å². The largest absolute Gasteiger partial charge is 0.338 e. The van der Waals surface area contributed by atoms with E-state index in [1.165, 1.54) is 23.1 Å². The Balaban J connectivity index is 1.92. The van der Waals surface area contributed by atoms with Crippen molar-refractivity contribution in [2.45, 2.75) is 17.8 Å². The van der Waals surface area contributed by atoms with Crippen molar-refractivity contribution in [3.8, 4) is 0 Å². The maximum Gasteiger partial charge on any atom is 0.262 e. The van der Waals surface area contributed by atoms with Crippen molar-refractivity contribution >= 4 is 33.3 Å². The predicted octanol–water partition coefficient (Wildman–Crippen LogP) is 1.98. The van der Waals surface area contributed by atoms with Gasteiger partial charge in [0, 0.05) is 7.05 Å². The number of rotatable bonds is 3. The molecule has 0 bridgehead atoms. The zero-order chi connectivity index (χ0) is 13.4. The summed E-state index contributed by atoms with van der Waals surface area (Å²) < 4.78 is 6.58. The maximum atomic E-state index is 12.1. The standard InChI is InChI=1S/C11H10N4O2S2/c1-6-12-8(17-14-6)5-19-11-13-9-7(3-4-18-9)10(16)15(11)2/h3-4H,5H2,1-2H3. The fraction of sp³-hybridized carbons (Fsp3) is 0.273. The van der Waals surface area contributed by atoms with E-state index in [2.05, 4.69) is 15.1 Å². The smallest absolute Gasteiger partial charge is 0.262 e. The summed E-state index contributed by atoms with van der Waals surface area (Å²) in [6, 6.07) is 1.80. The van der Waals surface area contributed by atoms with Crippen molar-refractivity contribution in [3.05, 3.63) is 33.5 Å². The predicted molar refractivity (Wildman–Crippen MR) is 73.5 cm³/mol. The molecule has 0 amide bonds. The minimum atomic E-state index is -0.0320. The summed E-state index contributed by atoms with van der Waals surface area (Å²) in [6.07, 6.45) is 0. The molecule has 0 N–H and O–H groups in total. The molecule has 0 saturated carbocycles. The number of fused-ring (bicyclic) bond motifs is 1. The first-order chi connectivity index (χ1) is 9.15. The van der Waals surface area contributed by atoms with E-state index < -0.39 is 0 Å². The number of hydrogen-bond donors (Lipinski definition) is 0. The Morgan fingerprint density at radius 1 is 1.47 bits per heavy atom. The van der Waals surface area contributed by atoms with E-state index in [0.29, 0.717) is 28.0 Å². The van der Waals surface area contributed by atoms with Gasteiger partial charge in [-0.25, -0.2) is 4.98 Å². The molecule has 3 heterocycles. The van der Waals surface area contributed by atoms with Crippen molar-refractivity contribution in [1.29, 1.82) is 0 Å². The van der Waals surface area contributed by atoms with Crippen LogP contribution in [0, 0.1) is 6.92 Å². The molecule has 3 aromatic rings. The van der Waals surface area contributed by atoms with Crippen LogP contribution in [0.2, 0.25) is 0 Å². The summed E-state index contributed by atoms with van der Waals surface area (Å²) in [7, 11) is 1.72. The van der Waals surface area contributed by atoms with Crippen LogP contribution in [-0.4, -0.2) is 19.7 Å². The fourth-order valence-electron chi connectivity index (χ4n) is 1.63. The van der Waals surface area contributed by atoms with Gasteiger partial charge >= 0.3 is 0 Å². The van der Waals surface area contributed by atoms with E-state index in [0.717, 1.165) is 4.83 Å². The first kappa shape index (κ1) is 12.4. The monoisotopic (exact) mass is 294 g/mol. The van der Waals surface area contributed by atoms with Crippen LogP contribution in [0.5, 0.6) is 0 Å². The molecule has 0 saturated heterocycles. The van der Waals surface area contributed by atoms with Crippen LogP contribution in [0.25, 0.3) is 10.2 Å². The molecule has 0 aromatic carbocycles. The minimum Gasteiger partial charge on any atom is -0.338 e. The summed E-state index contributed by atoms with van der Waals surface area (Å²) in [6.45, 7) is 1.77. The van der Waals surface area contributed by atoms with Crippen molar-refractivity contribution in [2.24, 2.45) is 7.05 Å². The van der Waals surface area contributed by atoms with E-state index in [1.807, 2.05) is 5.38 Å². The third-order valence-corrected chi connectivity index (χ3v) is 4.38. The highest BCUT2D eigenvalue weighted by Gasteiger charge is 2.11. The second-order valence-electron chi connectivity index (χ2n) is 3.92. The van der Waals surface area contributed by atoms with Gasteiger partial charge < -0.3 is 4.52 Å². The van der Waals surface area contributed by atoms with Gasteiger partial charge in [-0.2, -0.15) is 4.98 Å². The third-order valence-electron chi connectivity index (χ3n) is 2.56. The lowest BCUT2D eigenvalue weighted by atomic mass is 10.4. The van der Waals surface area contributed by atoms with Gasteiger partial charge in [0.2, 0.25) is 5.89 Å². The van der Waals surface area contributed by atoms with Crippen LogP contribution in [-0.2, 0) is 12.8 Å². The third kappa shape index (κ3) is 2.28. The van der Waals surface area contributed by atoms with Crippen LogP contribution >= 0.6 is 23.1 Å². The van der Waals surface area contributed by atoms with Crippen molar-refractivity contribution < 1.29 is 4.52 Å². The molecule has 0 fully saturated rings. The van der Waals surface area contributed by atoms with Crippen LogP contribution in [0.15, 0.2) is 25.9 Å². The lowest BCUT2D eigenvalue weighted by molar-refractivity contribution is 0.387. The Hall–Kier alpha value is -1.67. The zero-order valence-corrected chi connectivity index (χ0v) is 11.9. The molecule has 0 radical (unpaired) electrons. The van der Waals surface area contributed by atoms with E-state index in [9.17, 15) is 4.79 Å². The fourth-order valence-corrected chi connectivity index (χ4v) is 3.25. The van der Waals surface area contributed by atoms with Crippen molar-refractivity contribution in [3.63, 3.8) is 0 Å². The summed E-state index contributed by atoms with van der Waals surface area (Å²) in [5, 5.41) is 6.90. The quantitative estimate of drug-likeness (QED) is 0.543. The summed E-state index contributed by atoms with van der Waals surface area (Å²) in [5.41, 5.74) is -0.0320. The van der Waals surface area contributed by atoms with Crippen molar-refractivity contribution in [1.82, 2.24) is 19.7 Å². The van der Waals surface area contributed by atoms with Gasteiger partial charge in [-0.3, -0.25) is 9.36 Å². The number of aryl methyl sites for hydroxylation is 1. The topological polar surface area (TPSA) is 73.8 Å². The van der Waals surface area contributed by atoms with Crippen LogP contribution < -0.4 is 5.56 Å². The maximum absolute atomic E-state index is 12.1. The normalized spacial score (nSPS) is 11.3. The highest BCUT2D eigenvalue weighted by molar-refractivity contribution is 7.98. The molecular weight excluding hydrogens is 284 g/mol. The van der Waals surface area contributed by atoms with E-state index >= 15 is 0 Å². The Bertz CT molecular complexity index is 789. The second-order valence-corrected chi connectivity index (χ2v) is 5.76. The first-order valence-electron chi connectivity index (χ1n) is 5.51. The molecule has 3 rings (SSSR count). The molecule has 0 spiro atoms. The highest BCUT2D eigenvalue weighted by Crippen LogP contribution is 2.22. The number of thioether (sulfide) groups is 1. The summed E-state index contributed by atoms with van der Waals surface area (Å²) in [5.74, 6) is 1.63. The number of hydrogen-bond acceptors (Lipinski definition) is 7. The molecule has 98 valence electrons. The number of nitrogens with zero attached hydrogens (tertiary/aromatic N) is 4. The second kappa shape index (κ2) is 4.78. The Morgan fingerprint density at radius 3 is 3.05 bits per heavy atom. The number of thiophene rings is 1.